The van der Waals surface area contributed by atoms with Crippen LogP contribution < -0.4 is 9.47 Å². The Kier molecular flexibility index (Phi) is 10.5. The van der Waals surface area contributed by atoms with Crippen molar-refractivity contribution in [2.75, 3.05) is 13.2 Å². The molecule has 1 aromatic heterocycles. The standard InChI is InChI=1S/C28H40O2S/c1-3-5-7-9-11-15-19-29-23-21-25(30-20-16-12-10-8-6-4-2)28-24-17-13-14-18-26(24)31-27(28)22-23/h13-14,17-18,21-22H,3-12,15-16,19-20H2,1-2H3. The number of thiophene rings is 1. The highest BCUT2D eigenvalue weighted by atomic mass is 32.1. The van der Waals surface area contributed by atoms with E-state index in [1.165, 1.54) is 84.4 Å². The average Bonchev–Trinajstić information content (AvgIpc) is 3.16. The van der Waals surface area contributed by atoms with Crippen LogP contribution in [0.4, 0.5) is 0 Å². The predicted molar refractivity (Wildman–Crippen MR) is 137 cm³/mol. The lowest BCUT2D eigenvalue weighted by Gasteiger charge is -2.12. The summed E-state index contributed by atoms with van der Waals surface area (Å²) in [6, 6.07) is 13.0. The molecular weight excluding hydrogens is 400 g/mol. The first-order valence-electron chi connectivity index (χ1n) is 12.5. The molecule has 0 fully saturated rings. The topological polar surface area (TPSA) is 18.5 Å². The Labute approximate surface area is 193 Å². The van der Waals surface area contributed by atoms with Gasteiger partial charge in [0.15, 0.2) is 0 Å². The van der Waals surface area contributed by atoms with E-state index >= 15 is 0 Å². The number of rotatable bonds is 16. The van der Waals surface area contributed by atoms with Crippen molar-refractivity contribution in [1.29, 1.82) is 0 Å². The summed E-state index contributed by atoms with van der Waals surface area (Å²) in [7, 11) is 0. The molecule has 0 radical (unpaired) electrons. The molecule has 0 amide bonds. The average molecular weight is 441 g/mol. The monoisotopic (exact) mass is 440 g/mol. The molecule has 1 heterocycles. The number of unbranched alkanes of at least 4 members (excludes halogenated alkanes) is 10. The molecule has 3 rings (SSSR count). The van der Waals surface area contributed by atoms with Crippen LogP contribution in [0.2, 0.25) is 0 Å². The van der Waals surface area contributed by atoms with Gasteiger partial charge in [-0.25, -0.2) is 0 Å². The van der Waals surface area contributed by atoms with Crippen molar-refractivity contribution in [2.45, 2.75) is 90.9 Å². The van der Waals surface area contributed by atoms with Gasteiger partial charge in [0.2, 0.25) is 0 Å². The lowest BCUT2D eigenvalue weighted by molar-refractivity contribution is 0.292. The summed E-state index contributed by atoms with van der Waals surface area (Å²) in [6.45, 7) is 6.10. The molecule has 0 atom stereocenters. The molecule has 0 spiro atoms. The van der Waals surface area contributed by atoms with Crippen LogP contribution in [0.1, 0.15) is 90.9 Å². The molecule has 3 aromatic rings. The van der Waals surface area contributed by atoms with E-state index < -0.39 is 0 Å². The zero-order valence-corrected chi connectivity index (χ0v) is 20.4. The first-order valence-corrected chi connectivity index (χ1v) is 13.4. The second-order valence-electron chi connectivity index (χ2n) is 8.63. The predicted octanol–water partition coefficient (Wildman–Crippen LogP) is 9.53. The molecule has 3 heteroatoms. The first kappa shape index (κ1) is 23.9. The summed E-state index contributed by atoms with van der Waals surface area (Å²) < 4.78 is 15.1. The molecule has 0 aliphatic rings. The number of hydrogen-bond donors (Lipinski definition) is 0. The fraction of sp³-hybridized carbons (Fsp3) is 0.571. The minimum Gasteiger partial charge on any atom is -0.493 e. The van der Waals surface area contributed by atoms with Crippen molar-refractivity contribution in [1.82, 2.24) is 0 Å². The molecule has 0 bridgehead atoms. The van der Waals surface area contributed by atoms with Gasteiger partial charge in [0.1, 0.15) is 11.5 Å². The van der Waals surface area contributed by atoms with Gasteiger partial charge in [-0.3, -0.25) is 0 Å². The maximum Gasteiger partial charge on any atom is 0.132 e. The maximum atomic E-state index is 6.33. The van der Waals surface area contributed by atoms with Crippen LogP contribution >= 0.6 is 11.3 Å². The molecule has 2 nitrogen and oxygen atoms in total. The smallest absolute Gasteiger partial charge is 0.132 e. The van der Waals surface area contributed by atoms with Gasteiger partial charge in [0.25, 0.3) is 0 Å². The third kappa shape index (κ3) is 7.42. The fourth-order valence-electron chi connectivity index (χ4n) is 4.13. The van der Waals surface area contributed by atoms with Gasteiger partial charge in [-0.1, -0.05) is 96.3 Å². The maximum absolute atomic E-state index is 6.33. The molecule has 2 aromatic carbocycles. The van der Waals surface area contributed by atoms with Crippen LogP contribution in [0.3, 0.4) is 0 Å². The van der Waals surface area contributed by atoms with Crippen molar-refractivity contribution in [3.05, 3.63) is 36.4 Å². The van der Waals surface area contributed by atoms with Crippen LogP contribution in [-0.2, 0) is 0 Å². The highest BCUT2D eigenvalue weighted by Gasteiger charge is 2.13. The normalized spacial score (nSPS) is 11.4. The Morgan fingerprint density at radius 2 is 1.26 bits per heavy atom. The zero-order chi connectivity index (χ0) is 21.7. The SMILES string of the molecule is CCCCCCCCOc1cc(OCCCCCCCC)c2c(c1)sc1ccccc12. The molecule has 0 saturated carbocycles. The highest BCUT2D eigenvalue weighted by molar-refractivity contribution is 7.25. The second kappa shape index (κ2) is 13.6. The van der Waals surface area contributed by atoms with Crippen LogP contribution in [0, 0.1) is 0 Å². The summed E-state index contributed by atoms with van der Waals surface area (Å²) >= 11 is 1.84. The van der Waals surface area contributed by atoms with E-state index in [4.69, 9.17) is 9.47 Å². The van der Waals surface area contributed by atoms with Gasteiger partial charge >= 0.3 is 0 Å². The molecule has 0 unspecified atom stereocenters. The van der Waals surface area contributed by atoms with Crippen LogP contribution in [0.5, 0.6) is 11.5 Å². The summed E-state index contributed by atoms with van der Waals surface area (Å²) in [5.74, 6) is 1.94. The van der Waals surface area contributed by atoms with Crippen molar-refractivity contribution in [3.63, 3.8) is 0 Å². The third-order valence-electron chi connectivity index (χ3n) is 5.94. The molecule has 0 aliphatic carbocycles. The Bertz CT molecular complexity index is 899. The summed E-state index contributed by atoms with van der Waals surface area (Å²) in [5, 5.41) is 2.54. The summed E-state index contributed by atoms with van der Waals surface area (Å²) in [6.07, 6.45) is 15.4. The van der Waals surface area contributed by atoms with E-state index in [0.29, 0.717) is 0 Å². The van der Waals surface area contributed by atoms with Gasteiger partial charge in [-0.2, -0.15) is 0 Å². The number of ether oxygens (including phenoxy) is 2. The van der Waals surface area contributed by atoms with Gasteiger partial charge in [0, 0.05) is 26.2 Å². The first-order chi connectivity index (χ1) is 15.3. The number of fused-ring (bicyclic) bond motifs is 3. The minimum absolute atomic E-state index is 0.784. The van der Waals surface area contributed by atoms with Gasteiger partial charge in [-0.05, 0) is 25.0 Å². The third-order valence-corrected chi connectivity index (χ3v) is 7.06. The van der Waals surface area contributed by atoms with E-state index in [-0.39, 0.29) is 0 Å². The molecule has 0 aliphatic heterocycles. The van der Waals surface area contributed by atoms with Gasteiger partial charge in [0.05, 0.1) is 13.2 Å². The van der Waals surface area contributed by atoms with Crippen molar-refractivity contribution < 1.29 is 9.47 Å². The largest absolute Gasteiger partial charge is 0.493 e. The Balaban J connectivity index is 1.62. The summed E-state index contributed by atoms with van der Waals surface area (Å²) in [4.78, 5) is 0. The van der Waals surface area contributed by atoms with E-state index in [0.717, 1.165) is 37.6 Å². The van der Waals surface area contributed by atoms with E-state index in [1.807, 2.05) is 11.3 Å². The zero-order valence-electron chi connectivity index (χ0n) is 19.6. The Morgan fingerprint density at radius 1 is 0.645 bits per heavy atom. The molecular formula is C28H40O2S. The number of hydrogen-bond acceptors (Lipinski definition) is 3. The Hall–Kier alpha value is -1.74. The molecule has 31 heavy (non-hydrogen) atoms. The van der Waals surface area contributed by atoms with E-state index in [1.54, 1.807) is 0 Å². The van der Waals surface area contributed by atoms with Crippen molar-refractivity contribution in [3.8, 4) is 11.5 Å². The van der Waals surface area contributed by atoms with Crippen molar-refractivity contribution >= 4 is 31.5 Å². The lowest BCUT2D eigenvalue weighted by Crippen LogP contribution is -2.00. The minimum atomic E-state index is 0.784. The second-order valence-corrected chi connectivity index (χ2v) is 9.71. The van der Waals surface area contributed by atoms with E-state index in [9.17, 15) is 0 Å². The summed E-state index contributed by atoms with van der Waals surface area (Å²) in [5.41, 5.74) is 0. The van der Waals surface area contributed by atoms with Crippen LogP contribution in [0.25, 0.3) is 20.2 Å². The van der Waals surface area contributed by atoms with Crippen LogP contribution in [0.15, 0.2) is 36.4 Å². The van der Waals surface area contributed by atoms with E-state index in [2.05, 4.69) is 50.2 Å². The number of benzene rings is 2. The molecule has 0 N–H and O–H groups in total. The van der Waals surface area contributed by atoms with Gasteiger partial charge in [-0.15, -0.1) is 11.3 Å². The fourth-order valence-corrected chi connectivity index (χ4v) is 5.28. The van der Waals surface area contributed by atoms with Crippen molar-refractivity contribution in [2.24, 2.45) is 0 Å². The highest BCUT2D eigenvalue weighted by Crippen LogP contribution is 2.42. The lowest BCUT2D eigenvalue weighted by atomic mass is 10.1. The Morgan fingerprint density at radius 3 is 1.97 bits per heavy atom. The quantitative estimate of drug-likeness (QED) is 0.206. The van der Waals surface area contributed by atoms with Crippen LogP contribution in [-0.4, -0.2) is 13.2 Å². The molecule has 0 saturated heterocycles. The van der Waals surface area contributed by atoms with Gasteiger partial charge < -0.3 is 9.47 Å². The molecule has 170 valence electrons.